The van der Waals surface area contributed by atoms with Gasteiger partial charge in [0.15, 0.2) is 10.2 Å². The van der Waals surface area contributed by atoms with E-state index in [4.69, 9.17) is 16.3 Å². The minimum atomic E-state index is 0.324. The highest BCUT2D eigenvalue weighted by Crippen LogP contribution is 2.20. The summed E-state index contributed by atoms with van der Waals surface area (Å²) in [5.74, 6) is 0.419. The lowest BCUT2D eigenvalue weighted by molar-refractivity contribution is 0.292. The monoisotopic (exact) mass is 293 g/mol. The fourth-order valence-electron chi connectivity index (χ4n) is 1.50. The molecule has 19 heavy (non-hydrogen) atoms. The zero-order valence-corrected chi connectivity index (χ0v) is 11.4. The van der Waals surface area contributed by atoms with E-state index in [2.05, 4.69) is 25.1 Å². The van der Waals surface area contributed by atoms with Crippen molar-refractivity contribution in [3.63, 3.8) is 0 Å². The quantitative estimate of drug-likeness (QED) is 0.690. The van der Waals surface area contributed by atoms with E-state index in [1.165, 1.54) is 17.5 Å². The Morgan fingerprint density at radius 1 is 1.32 bits per heavy atom. The summed E-state index contributed by atoms with van der Waals surface area (Å²) in [6.45, 7) is 2.22. The molecule has 0 fully saturated rings. The molecule has 8 heteroatoms. The van der Waals surface area contributed by atoms with Crippen LogP contribution >= 0.6 is 22.9 Å². The maximum Gasteiger partial charge on any atom is 0.233 e. The molecule has 0 radical (unpaired) electrons. The maximum atomic E-state index is 5.91. The van der Waals surface area contributed by atoms with Gasteiger partial charge in [0.25, 0.3) is 0 Å². The first-order valence-corrected chi connectivity index (χ1v) is 6.61. The maximum absolute atomic E-state index is 5.91. The summed E-state index contributed by atoms with van der Waals surface area (Å²) in [5, 5.41) is 9.92. The largest absolute Gasteiger partial charge is 0.469 e. The number of hydrogen-bond acceptors (Lipinski definition) is 7. The van der Waals surface area contributed by atoms with Gasteiger partial charge in [-0.05, 0) is 13.0 Å². The molecule has 0 bridgehead atoms. The van der Waals surface area contributed by atoms with E-state index < -0.39 is 0 Å². The SMILES string of the molecule is Cc1nnc(COc2cnc3c(Cl)nccc3n2)s1. The van der Waals surface area contributed by atoms with Gasteiger partial charge in [0.2, 0.25) is 5.88 Å². The third kappa shape index (κ3) is 2.61. The van der Waals surface area contributed by atoms with E-state index in [0.717, 1.165) is 10.0 Å². The lowest BCUT2D eigenvalue weighted by atomic mass is 10.4. The Balaban J connectivity index is 1.82. The predicted molar refractivity (Wildman–Crippen MR) is 71.3 cm³/mol. The van der Waals surface area contributed by atoms with Crippen molar-refractivity contribution in [2.24, 2.45) is 0 Å². The molecule has 0 saturated heterocycles. The van der Waals surface area contributed by atoms with Gasteiger partial charge in [-0.1, -0.05) is 22.9 Å². The summed E-state index contributed by atoms with van der Waals surface area (Å²) in [5.41, 5.74) is 1.20. The summed E-state index contributed by atoms with van der Waals surface area (Å²) < 4.78 is 5.52. The van der Waals surface area contributed by atoms with Crippen LogP contribution in [0, 0.1) is 6.92 Å². The first-order chi connectivity index (χ1) is 9.22. The number of halogens is 1. The number of fused-ring (bicyclic) bond motifs is 1. The Morgan fingerprint density at radius 3 is 3.00 bits per heavy atom. The lowest BCUT2D eigenvalue weighted by Crippen LogP contribution is -1.98. The summed E-state index contributed by atoms with van der Waals surface area (Å²) in [7, 11) is 0. The van der Waals surface area contributed by atoms with Crippen molar-refractivity contribution in [1.82, 2.24) is 25.1 Å². The van der Waals surface area contributed by atoms with Crippen LogP contribution in [-0.4, -0.2) is 25.1 Å². The lowest BCUT2D eigenvalue weighted by Gasteiger charge is -2.03. The van der Waals surface area contributed by atoms with E-state index in [-0.39, 0.29) is 0 Å². The van der Waals surface area contributed by atoms with Gasteiger partial charge in [0.1, 0.15) is 17.1 Å². The van der Waals surface area contributed by atoms with Gasteiger partial charge < -0.3 is 4.74 Å². The average molecular weight is 294 g/mol. The van der Waals surface area contributed by atoms with Crippen LogP contribution in [0.4, 0.5) is 0 Å². The van der Waals surface area contributed by atoms with Crippen LogP contribution < -0.4 is 4.74 Å². The predicted octanol–water partition coefficient (Wildman–Crippen LogP) is 2.42. The summed E-state index contributed by atoms with van der Waals surface area (Å²) in [6.07, 6.45) is 3.10. The normalized spacial score (nSPS) is 10.8. The highest BCUT2D eigenvalue weighted by Gasteiger charge is 2.06. The third-order valence-corrected chi connectivity index (χ3v) is 3.39. The molecule has 0 N–H and O–H groups in total. The molecule has 3 rings (SSSR count). The number of pyridine rings is 1. The van der Waals surface area contributed by atoms with Crippen LogP contribution in [0.1, 0.15) is 10.0 Å². The molecule has 0 aromatic carbocycles. The fourth-order valence-corrected chi connectivity index (χ4v) is 2.32. The summed E-state index contributed by atoms with van der Waals surface area (Å²) >= 11 is 7.40. The van der Waals surface area contributed by atoms with Gasteiger partial charge >= 0.3 is 0 Å². The van der Waals surface area contributed by atoms with Gasteiger partial charge in [-0.3, -0.25) is 0 Å². The van der Waals surface area contributed by atoms with Crippen molar-refractivity contribution in [3.05, 3.63) is 33.6 Å². The third-order valence-electron chi connectivity index (χ3n) is 2.30. The molecule has 0 saturated carbocycles. The average Bonchev–Trinajstić information content (AvgIpc) is 2.82. The van der Waals surface area contributed by atoms with E-state index in [1.54, 1.807) is 12.3 Å². The number of hydrogen-bond donors (Lipinski definition) is 0. The summed E-state index contributed by atoms with van der Waals surface area (Å²) in [6, 6.07) is 1.73. The number of ether oxygens (including phenoxy) is 1. The van der Waals surface area contributed by atoms with Crippen molar-refractivity contribution < 1.29 is 4.74 Å². The number of rotatable bonds is 3. The molecule has 3 heterocycles. The summed E-state index contributed by atoms with van der Waals surface area (Å²) in [4.78, 5) is 12.4. The number of aromatic nitrogens is 5. The first-order valence-electron chi connectivity index (χ1n) is 5.41. The Bertz CT molecular complexity index is 732. The number of nitrogens with zero attached hydrogens (tertiary/aromatic N) is 5. The van der Waals surface area contributed by atoms with Crippen LogP contribution in [0.3, 0.4) is 0 Å². The van der Waals surface area contributed by atoms with Crippen LogP contribution in [0.2, 0.25) is 5.15 Å². The van der Waals surface area contributed by atoms with Gasteiger partial charge in [0.05, 0.1) is 11.7 Å². The van der Waals surface area contributed by atoms with Crippen LogP contribution in [-0.2, 0) is 6.61 Å². The molecule has 0 unspecified atom stereocenters. The van der Waals surface area contributed by atoms with Crippen molar-refractivity contribution >= 4 is 34.0 Å². The van der Waals surface area contributed by atoms with Gasteiger partial charge in [0, 0.05) is 6.20 Å². The van der Waals surface area contributed by atoms with Gasteiger partial charge in [-0.15, -0.1) is 10.2 Å². The fraction of sp³-hybridized carbons (Fsp3) is 0.182. The Kier molecular flexibility index (Phi) is 3.22. The Labute approximate surface area is 117 Å². The molecule has 0 amide bonds. The van der Waals surface area contributed by atoms with E-state index >= 15 is 0 Å². The molecule has 6 nitrogen and oxygen atoms in total. The molecule has 3 aromatic heterocycles. The molecule has 0 atom stereocenters. The van der Waals surface area contributed by atoms with Gasteiger partial charge in [-0.25, -0.2) is 15.0 Å². The molecular weight excluding hydrogens is 286 g/mol. The molecule has 3 aromatic rings. The molecule has 0 aliphatic carbocycles. The molecule has 0 aliphatic heterocycles. The Hall–Kier alpha value is -1.86. The second kappa shape index (κ2) is 5.02. The zero-order valence-electron chi connectivity index (χ0n) is 9.87. The van der Waals surface area contributed by atoms with E-state index in [1.807, 2.05) is 6.92 Å². The smallest absolute Gasteiger partial charge is 0.233 e. The van der Waals surface area contributed by atoms with E-state index in [0.29, 0.717) is 28.7 Å². The van der Waals surface area contributed by atoms with Crippen molar-refractivity contribution in [2.75, 3.05) is 0 Å². The van der Waals surface area contributed by atoms with Crippen LogP contribution in [0.15, 0.2) is 18.5 Å². The second-order valence-corrected chi connectivity index (χ2v) is 5.31. The second-order valence-electron chi connectivity index (χ2n) is 3.68. The molecule has 96 valence electrons. The van der Waals surface area contributed by atoms with Crippen molar-refractivity contribution in [2.45, 2.75) is 13.5 Å². The number of aryl methyl sites for hydroxylation is 1. The molecular formula is C11H8ClN5OS. The van der Waals surface area contributed by atoms with Crippen LogP contribution in [0.5, 0.6) is 5.88 Å². The Morgan fingerprint density at radius 2 is 2.21 bits per heavy atom. The van der Waals surface area contributed by atoms with Gasteiger partial charge in [-0.2, -0.15) is 0 Å². The minimum Gasteiger partial charge on any atom is -0.469 e. The van der Waals surface area contributed by atoms with E-state index in [9.17, 15) is 0 Å². The van der Waals surface area contributed by atoms with Crippen molar-refractivity contribution in [1.29, 1.82) is 0 Å². The molecule has 0 spiro atoms. The zero-order chi connectivity index (χ0) is 13.2. The van der Waals surface area contributed by atoms with Crippen molar-refractivity contribution in [3.8, 4) is 5.88 Å². The highest BCUT2D eigenvalue weighted by atomic mass is 35.5. The minimum absolute atomic E-state index is 0.324. The highest BCUT2D eigenvalue weighted by molar-refractivity contribution is 7.11. The standard InChI is InChI=1S/C11H8ClN5OS/c1-6-16-17-9(19-6)5-18-8-4-14-10-7(15-8)2-3-13-11(10)12/h2-4H,5H2,1H3. The topological polar surface area (TPSA) is 73.7 Å². The molecule has 0 aliphatic rings. The first kappa shape index (κ1) is 12.2. The van der Waals surface area contributed by atoms with Crippen LogP contribution in [0.25, 0.3) is 11.0 Å².